The average molecular weight is 445 g/mol. The highest BCUT2D eigenvalue weighted by Gasteiger charge is 2.20. The quantitative estimate of drug-likeness (QED) is 0.500. The fourth-order valence-corrected chi connectivity index (χ4v) is 5.26. The summed E-state index contributed by atoms with van der Waals surface area (Å²) in [6, 6.07) is 7.68. The van der Waals surface area contributed by atoms with Gasteiger partial charge in [0.1, 0.15) is 4.83 Å². The van der Waals surface area contributed by atoms with Gasteiger partial charge in [-0.2, -0.15) is 0 Å². The lowest BCUT2D eigenvalue weighted by molar-refractivity contribution is 0.103. The molecule has 0 aliphatic carbocycles. The fraction of sp³-hybridized carbons (Fsp3) is 0.200. The number of anilines is 1. The van der Waals surface area contributed by atoms with Gasteiger partial charge in [-0.05, 0) is 31.0 Å². The number of aromatic nitrogens is 3. The molecule has 9 heteroatoms. The van der Waals surface area contributed by atoms with Crippen LogP contribution in [0, 0.1) is 13.8 Å². The summed E-state index contributed by atoms with van der Waals surface area (Å²) in [4.78, 5) is 36.0. The van der Waals surface area contributed by atoms with Crippen LogP contribution in [0.4, 0.5) is 5.13 Å². The molecule has 0 spiro atoms. The number of nitrogens with zero attached hydrogens (tertiary/aromatic N) is 3. The van der Waals surface area contributed by atoms with Crippen LogP contribution >= 0.6 is 34.3 Å². The molecule has 0 fully saturated rings. The van der Waals surface area contributed by atoms with Crippen molar-refractivity contribution in [2.45, 2.75) is 20.3 Å². The van der Waals surface area contributed by atoms with E-state index in [0.717, 1.165) is 16.1 Å². The Morgan fingerprint density at radius 3 is 2.76 bits per heavy atom. The van der Waals surface area contributed by atoms with Crippen molar-refractivity contribution in [1.82, 2.24) is 14.5 Å². The van der Waals surface area contributed by atoms with Crippen LogP contribution in [0.25, 0.3) is 10.2 Å². The summed E-state index contributed by atoms with van der Waals surface area (Å²) in [7, 11) is 1.64. The van der Waals surface area contributed by atoms with E-state index < -0.39 is 0 Å². The molecule has 0 aliphatic heterocycles. The Morgan fingerprint density at radius 1 is 1.24 bits per heavy atom. The van der Waals surface area contributed by atoms with Crippen molar-refractivity contribution in [2.24, 2.45) is 7.05 Å². The molecule has 0 aliphatic rings. The van der Waals surface area contributed by atoms with E-state index in [-0.39, 0.29) is 11.5 Å². The van der Waals surface area contributed by atoms with E-state index >= 15 is 0 Å². The van der Waals surface area contributed by atoms with Crippen LogP contribution in [0.1, 0.15) is 31.4 Å². The van der Waals surface area contributed by atoms with Crippen LogP contribution in [-0.2, 0) is 13.5 Å². The lowest BCUT2D eigenvalue weighted by Crippen LogP contribution is -2.17. The van der Waals surface area contributed by atoms with Crippen molar-refractivity contribution in [3.05, 3.63) is 72.5 Å². The van der Waals surface area contributed by atoms with Crippen LogP contribution in [-0.4, -0.2) is 20.4 Å². The number of nitrogens with one attached hydrogen (secondary N) is 1. The number of carbonyl (C=O) groups excluding carboxylic acids is 1. The monoisotopic (exact) mass is 444 g/mol. The lowest BCUT2D eigenvalue weighted by Gasteiger charge is -2.02. The Hall–Kier alpha value is -2.55. The minimum atomic E-state index is -0.286. The zero-order valence-corrected chi connectivity index (χ0v) is 18.3. The summed E-state index contributed by atoms with van der Waals surface area (Å²) in [5.41, 5.74) is 2.35. The first-order valence-electron chi connectivity index (χ1n) is 8.81. The molecule has 4 aromatic rings. The molecule has 0 saturated carbocycles. The summed E-state index contributed by atoms with van der Waals surface area (Å²) in [6.07, 6.45) is 2.12. The highest BCUT2D eigenvalue weighted by molar-refractivity contribution is 7.21. The van der Waals surface area contributed by atoms with Crippen LogP contribution in [0.5, 0.6) is 0 Å². The van der Waals surface area contributed by atoms with Gasteiger partial charge >= 0.3 is 0 Å². The van der Waals surface area contributed by atoms with Gasteiger partial charge in [-0.15, -0.1) is 22.7 Å². The molecule has 148 valence electrons. The first kappa shape index (κ1) is 19.8. The predicted molar refractivity (Wildman–Crippen MR) is 119 cm³/mol. The van der Waals surface area contributed by atoms with E-state index in [2.05, 4.69) is 15.3 Å². The number of hydrogen-bond acceptors (Lipinski definition) is 6. The fourth-order valence-electron chi connectivity index (χ4n) is 3.04. The summed E-state index contributed by atoms with van der Waals surface area (Å²) in [5.74, 6) is -0.286. The number of benzene rings is 1. The van der Waals surface area contributed by atoms with Crippen LogP contribution in [0.15, 0.2) is 35.4 Å². The molecule has 0 saturated heterocycles. The zero-order valence-electron chi connectivity index (χ0n) is 15.9. The number of amides is 1. The molecule has 0 bridgehead atoms. The molecule has 6 nitrogen and oxygen atoms in total. The molecule has 4 rings (SSSR count). The number of carbonyl (C=O) groups is 1. The maximum absolute atomic E-state index is 12.8. The first-order chi connectivity index (χ1) is 13.8. The van der Waals surface area contributed by atoms with Gasteiger partial charge in [0.2, 0.25) is 0 Å². The third kappa shape index (κ3) is 3.71. The second-order valence-electron chi connectivity index (χ2n) is 6.65. The van der Waals surface area contributed by atoms with Gasteiger partial charge in [-0.3, -0.25) is 14.9 Å². The molecule has 1 N–H and O–H groups in total. The van der Waals surface area contributed by atoms with Gasteiger partial charge in [-0.1, -0.05) is 29.8 Å². The number of fused-ring (bicyclic) bond motifs is 1. The van der Waals surface area contributed by atoms with E-state index in [9.17, 15) is 9.59 Å². The molecule has 3 heterocycles. The number of thiophene rings is 1. The van der Waals surface area contributed by atoms with E-state index in [1.807, 2.05) is 31.2 Å². The van der Waals surface area contributed by atoms with Crippen molar-refractivity contribution >= 4 is 55.5 Å². The summed E-state index contributed by atoms with van der Waals surface area (Å²) in [5, 5.41) is 4.58. The maximum atomic E-state index is 12.8. The highest BCUT2D eigenvalue weighted by Crippen LogP contribution is 2.30. The first-order valence-corrected chi connectivity index (χ1v) is 10.8. The maximum Gasteiger partial charge on any atom is 0.267 e. The summed E-state index contributed by atoms with van der Waals surface area (Å²) < 4.78 is 1.41. The molecule has 3 aromatic heterocycles. The molecule has 0 radical (unpaired) electrons. The standard InChI is InChI=1S/C20H17ClN4O2S2/c1-10-15-18(22-9-25(3)19(15)27)29-16(10)17(26)24-20-23-11(2)14(28-20)8-12-6-4-5-7-13(12)21/h4-7,9H,8H2,1-3H3,(H,23,24,26). The van der Waals surface area contributed by atoms with Crippen LogP contribution in [0.2, 0.25) is 5.02 Å². The predicted octanol–water partition coefficient (Wildman–Crippen LogP) is 4.56. The normalized spacial score (nSPS) is 11.2. The van der Waals surface area contributed by atoms with Gasteiger partial charge < -0.3 is 4.57 Å². The van der Waals surface area contributed by atoms with Crippen LogP contribution < -0.4 is 10.9 Å². The van der Waals surface area contributed by atoms with E-state index in [4.69, 9.17) is 11.6 Å². The third-order valence-corrected chi connectivity index (χ3v) is 7.28. The lowest BCUT2D eigenvalue weighted by atomic mass is 10.1. The number of thiazole rings is 1. The minimum absolute atomic E-state index is 0.157. The molecule has 1 aromatic carbocycles. The van der Waals surface area contributed by atoms with Crippen molar-refractivity contribution < 1.29 is 4.79 Å². The zero-order chi connectivity index (χ0) is 20.7. The number of halogens is 1. The highest BCUT2D eigenvalue weighted by atomic mass is 35.5. The van der Waals surface area contributed by atoms with Crippen molar-refractivity contribution in [3.63, 3.8) is 0 Å². The second kappa shape index (κ2) is 7.70. The number of rotatable bonds is 4. The Morgan fingerprint density at radius 2 is 2.00 bits per heavy atom. The SMILES string of the molecule is Cc1nc(NC(=O)c2sc3ncn(C)c(=O)c3c2C)sc1Cc1ccccc1Cl. The Labute approximate surface area is 179 Å². The molecule has 1 amide bonds. The molecule has 29 heavy (non-hydrogen) atoms. The van der Waals surface area contributed by atoms with Gasteiger partial charge in [-0.25, -0.2) is 9.97 Å². The minimum Gasteiger partial charge on any atom is -0.302 e. The largest absolute Gasteiger partial charge is 0.302 e. The van der Waals surface area contributed by atoms with E-state index in [1.165, 1.54) is 33.6 Å². The van der Waals surface area contributed by atoms with Crippen molar-refractivity contribution in [1.29, 1.82) is 0 Å². The number of hydrogen-bond donors (Lipinski definition) is 1. The second-order valence-corrected chi connectivity index (χ2v) is 9.14. The van der Waals surface area contributed by atoms with Crippen molar-refractivity contribution in [2.75, 3.05) is 5.32 Å². The van der Waals surface area contributed by atoms with Gasteiger partial charge in [0.25, 0.3) is 11.5 Å². The molecule has 0 unspecified atom stereocenters. The Kier molecular flexibility index (Phi) is 5.24. The number of aryl methyl sites for hydroxylation is 3. The summed E-state index contributed by atoms with van der Waals surface area (Å²) >= 11 is 8.90. The van der Waals surface area contributed by atoms with Gasteiger partial charge in [0, 0.05) is 23.4 Å². The Bertz CT molecular complexity index is 1310. The van der Waals surface area contributed by atoms with Crippen LogP contribution in [0.3, 0.4) is 0 Å². The van der Waals surface area contributed by atoms with Gasteiger partial charge in [0.15, 0.2) is 5.13 Å². The Balaban J connectivity index is 1.60. The van der Waals surface area contributed by atoms with Crippen molar-refractivity contribution in [3.8, 4) is 0 Å². The average Bonchev–Trinajstić information content (AvgIpc) is 3.20. The summed E-state index contributed by atoms with van der Waals surface area (Å²) in [6.45, 7) is 3.68. The molecular formula is C20H17ClN4O2S2. The molecule has 0 atom stereocenters. The molecular weight excluding hydrogens is 428 g/mol. The smallest absolute Gasteiger partial charge is 0.267 e. The van der Waals surface area contributed by atoms with E-state index in [0.29, 0.717) is 37.2 Å². The topological polar surface area (TPSA) is 76.9 Å². The third-order valence-electron chi connectivity index (χ3n) is 4.64. The van der Waals surface area contributed by atoms with E-state index in [1.54, 1.807) is 14.0 Å². The van der Waals surface area contributed by atoms with Gasteiger partial charge in [0.05, 0.1) is 22.3 Å².